The van der Waals surface area contributed by atoms with Crippen molar-refractivity contribution in [3.05, 3.63) is 23.8 Å². The molecule has 6 heteroatoms. The van der Waals surface area contributed by atoms with Crippen molar-refractivity contribution in [3.8, 4) is 5.75 Å². The van der Waals surface area contributed by atoms with Gasteiger partial charge in [0.2, 0.25) is 0 Å². The van der Waals surface area contributed by atoms with E-state index in [1.165, 1.54) is 0 Å². The zero-order valence-electron chi connectivity index (χ0n) is 11.0. The highest BCUT2D eigenvalue weighted by atomic mass is 16.5. The molecule has 0 spiro atoms. The number of carbonyl (C=O) groups is 2. The lowest BCUT2D eigenvalue weighted by atomic mass is 10.1. The van der Waals surface area contributed by atoms with Crippen molar-refractivity contribution in [1.29, 1.82) is 0 Å². The molecule has 3 rings (SSSR count). The maximum absolute atomic E-state index is 12.4. The van der Waals surface area contributed by atoms with Crippen LogP contribution in [0.15, 0.2) is 18.2 Å². The molecule has 1 aromatic rings. The second kappa shape index (κ2) is 5.13. The van der Waals surface area contributed by atoms with Crippen LogP contribution in [0.4, 0.5) is 5.69 Å². The fraction of sp³-hybridized carbons (Fsp3) is 0.429. The molecule has 1 aromatic carbocycles. The SMILES string of the molecule is O=C1COc2ccc(C(=O)N(CCO)C3CC3)cc2N1. The summed E-state index contributed by atoms with van der Waals surface area (Å²) in [5.74, 6) is 0.224. The van der Waals surface area contributed by atoms with E-state index in [0.29, 0.717) is 23.5 Å². The third-order valence-corrected chi connectivity index (χ3v) is 3.45. The lowest BCUT2D eigenvalue weighted by Crippen LogP contribution is -2.35. The normalized spacial score (nSPS) is 16.9. The van der Waals surface area contributed by atoms with Gasteiger partial charge in [-0.2, -0.15) is 0 Å². The zero-order chi connectivity index (χ0) is 14.1. The number of hydrogen-bond acceptors (Lipinski definition) is 4. The first kappa shape index (κ1) is 12.9. The first-order chi connectivity index (χ1) is 9.69. The molecule has 1 aliphatic heterocycles. The van der Waals surface area contributed by atoms with Gasteiger partial charge in [0.1, 0.15) is 5.75 Å². The Morgan fingerprint density at radius 1 is 1.45 bits per heavy atom. The molecule has 0 unspecified atom stereocenters. The summed E-state index contributed by atoms with van der Waals surface area (Å²) in [6, 6.07) is 5.23. The van der Waals surface area contributed by atoms with Crippen LogP contribution >= 0.6 is 0 Å². The number of carbonyl (C=O) groups excluding carboxylic acids is 2. The van der Waals surface area contributed by atoms with E-state index >= 15 is 0 Å². The van der Waals surface area contributed by atoms with Crippen LogP contribution in [0.1, 0.15) is 23.2 Å². The first-order valence-electron chi connectivity index (χ1n) is 6.67. The van der Waals surface area contributed by atoms with E-state index in [-0.39, 0.29) is 31.1 Å². The Bertz CT molecular complexity index is 554. The number of anilines is 1. The molecule has 1 aliphatic carbocycles. The van der Waals surface area contributed by atoms with E-state index < -0.39 is 0 Å². The molecule has 20 heavy (non-hydrogen) atoms. The third-order valence-electron chi connectivity index (χ3n) is 3.45. The quantitative estimate of drug-likeness (QED) is 0.844. The van der Waals surface area contributed by atoms with Gasteiger partial charge < -0.3 is 20.1 Å². The van der Waals surface area contributed by atoms with Crippen molar-refractivity contribution >= 4 is 17.5 Å². The summed E-state index contributed by atoms with van der Waals surface area (Å²) in [4.78, 5) is 25.4. The predicted octanol–water partition coefficient (Wildman–Crippen LogP) is 0.614. The van der Waals surface area contributed by atoms with Gasteiger partial charge in [-0.15, -0.1) is 0 Å². The molecule has 0 radical (unpaired) electrons. The number of nitrogens with zero attached hydrogens (tertiary/aromatic N) is 1. The van der Waals surface area contributed by atoms with E-state index in [4.69, 9.17) is 9.84 Å². The van der Waals surface area contributed by atoms with Gasteiger partial charge in [-0.25, -0.2) is 0 Å². The third kappa shape index (κ3) is 2.46. The number of hydrogen-bond donors (Lipinski definition) is 2. The molecule has 2 N–H and O–H groups in total. The maximum Gasteiger partial charge on any atom is 0.262 e. The minimum absolute atomic E-state index is 0.000988. The number of rotatable bonds is 4. The number of aliphatic hydroxyl groups excluding tert-OH is 1. The minimum Gasteiger partial charge on any atom is -0.482 e. The standard InChI is InChI=1S/C14H16N2O4/c17-6-5-16(10-2-3-10)14(19)9-1-4-12-11(7-9)15-13(18)8-20-12/h1,4,7,10,17H,2-3,5-6,8H2,(H,15,18). The number of benzene rings is 1. The van der Waals surface area contributed by atoms with Gasteiger partial charge in [0.05, 0.1) is 12.3 Å². The van der Waals surface area contributed by atoms with Crippen LogP contribution in [0.25, 0.3) is 0 Å². The number of nitrogens with one attached hydrogen (secondary N) is 1. The fourth-order valence-electron chi connectivity index (χ4n) is 2.33. The van der Waals surface area contributed by atoms with Gasteiger partial charge in [0.25, 0.3) is 11.8 Å². The number of fused-ring (bicyclic) bond motifs is 1. The smallest absolute Gasteiger partial charge is 0.262 e. The summed E-state index contributed by atoms with van der Waals surface area (Å²) in [7, 11) is 0. The number of amides is 2. The average Bonchev–Trinajstić information content (AvgIpc) is 3.27. The van der Waals surface area contributed by atoms with Gasteiger partial charge in [0.15, 0.2) is 6.61 Å². The molecule has 2 aliphatic rings. The van der Waals surface area contributed by atoms with E-state index in [1.54, 1.807) is 23.1 Å². The van der Waals surface area contributed by atoms with Crippen LogP contribution in [0.3, 0.4) is 0 Å². The molecule has 0 aromatic heterocycles. The van der Waals surface area contributed by atoms with Gasteiger partial charge in [-0.1, -0.05) is 0 Å². The van der Waals surface area contributed by atoms with E-state index in [2.05, 4.69) is 5.32 Å². The van der Waals surface area contributed by atoms with Crippen LogP contribution in [-0.4, -0.2) is 47.6 Å². The molecule has 1 saturated carbocycles. The molecule has 0 saturated heterocycles. The summed E-state index contributed by atoms with van der Waals surface area (Å²) >= 11 is 0. The number of ether oxygens (including phenoxy) is 1. The van der Waals surface area contributed by atoms with Crippen LogP contribution in [0.5, 0.6) is 5.75 Å². The Kier molecular flexibility index (Phi) is 3.31. The fourth-order valence-corrected chi connectivity index (χ4v) is 2.33. The Labute approximate surface area is 116 Å². The van der Waals surface area contributed by atoms with Crippen molar-refractivity contribution in [2.24, 2.45) is 0 Å². The highest BCUT2D eigenvalue weighted by Crippen LogP contribution is 2.31. The zero-order valence-corrected chi connectivity index (χ0v) is 11.0. The predicted molar refractivity (Wildman–Crippen MR) is 71.7 cm³/mol. The van der Waals surface area contributed by atoms with Crippen LogP contribution in [-0.2, 0) is 4.79 Å². The average molecular weight is 276 g/mol. The second-order valence-electron chi connectivity index (χ2n) is 5.00. The van der Waals surface area contributed by atoms with Crippen molar-refractivity contribution in [1.82, 2.24) is 4.90 Å². The molecule has 1 heterocycles. The summed E-state index contributed by atoms with van der Waals surface area (Å²) in [5, 5.41) is 11.8. The lowest BCUT2D eigenvalue weighted by Gasteiger charge is -2.23. The summed E-state index contributed by atoms with van der Waals surface area (Å²) in [6.07, 6.45) is 1.97. The van der Waals surface area contributed by atoms with Gasteiger partial charge in [-0.3, -0.25) is 9.59 Å². The van der Waals surface area contributed by atoms with Gasteiger partial charge in [0, 0.05) is 18.2 Å². The highest BCUT2D eigenvalue weighted by molar-refractivity contribution is 6.00. The minimum atomic E-state index is -0.225. The van der Waals surface area contributed by atoms with Crippen molar-refractivity contribution in [2.75, 3.05) is 25.1 Å². The van der Waals surface area contributed by atoms with E-state index in [1.807, 2.05) is 0 Å². The molecule has 1 fully saturated rings. The Balaban J connectivity index is 1.84. The van der Waals surface area contributed by atoms with Gasteiger partial charge >= 0.3 is 0 Å². The molecule has 2 amide bonds. The van der Waals surface area contributed by atoms with E-state index in [9.17, 15) is 9.59 Å². The molecule has 0 atom stereocenters. The monoisotopic (exact) mass is 276 g/mol. The molecule has 0 bridgehead atoms. The van der Waals surface area contributed by atoms with Crippen molar-refractivity contribution in [3.63, 3.8) is 0 Å². The Hall–Kier alpha value is -2.08. The van der Waals surface area contributed by atoms with Crippen LogP contribution in [0.2, 0.25) is 0 Å². The second-order valence-corrected chi connectivity index (χ2v) is 5.00. The summed E-state index contributed by atoms with van der Waals surface area (Å²) in [6.45, 7) is 0.287. The largest absolute Gasteiger partial charge is 0.482 e. The van der Waals surface area contributed by atoms with Crippen molar-refractivity contribution in [2.45, 2.75) is 18.9 Å². The topological polar surface area (TPSA) is 78.9 Å². The van der Waals surface area contributed by atoms with Gasteiger partial charge in [-0.05, 0) is 31.0 Å². The van der Waals surface area contributed by atoms with Crippen LogP contribution in [0, 0.1) is 0 Å². The maximum atomic E-state index is 12.4. The summed E-state index contributed by atoms with van der Waals surface area (Å²) < 4.78 is 5.26. The van der Waals surface area contributed by atoms with Crippen molar-refractivity contribution < 1.29 is 19.4 Å². The van der Waals surface area contributed by atoms with Crippen LogP contribution < -0.4 is 10.1 Å². The molecular formula is C14H16N2O4. The molecule has 6 nitrogen and oxygen atoms in total. The lowest BCUT2D eigenvalue weighted by molar-refractivity contribution is -0.118. The van der Waals surface area contributed by atoms with E-state index in [0.717, 1.165) is 12.8 Å². The molecule has 106 valence electrons. The summed E-state index contributed by atoms with van der Waals surface area (Å²) in [5.41, 5.74) is 1.02. The Morgan fingerprint density at radius 3 is 2.95 bits per heavy atom. The number of aliphatic hydroxyl groups is 1. The Morgan fingerprint density at radius 2 is 2.25 bits per heavy atom. The highest BCUT2D eigenvalue weighted by Gasteiger charge is 2.33. The first-order valence-corrected chi connectivity index (χ1v) is 6.67. The molecular weight excluding hydrogens is 260 g/mol.